The number of carbonyl (C=O) groups excluding carboxylic acids is 2. The van der Waals surface area contributed by atoms with Gasteiger partial charge in [0.05, 0.1) is 19.6 Å². The number of nitrogens with zero attached hydrogens (tertiary/aromatic N) is 3. The van der Waals surface area contributed by atoms with Crippen LogP contribution < -0.4 is 10.1 Å². The lowest BCUT2D eigenvalue weighted by molar-refractivity contribution is -0.136. The fraction of sp³-hybridized carbons (Fsp3) is 0.545. The Morgan fingerprint density at radius 1 is 1.20 bits per heavy atom. The van der Waals surface area contributed by atoms with Gasteiger partial charge in [-0.05, 0) is 25.0 Å². The van der Waals surface area contributed by atoms with Crippen LogP contribution in [-0.2, 0) is 21.5 Å². The van der Waals surface area contributed by atoms with Gasteiger partial charge >= 0.3 is 0 Å². The summed E-state index contributed by atoms with van der Waals surface area (Å²) in [6.07, 6.45) is 1.63. The predicted octanol–water partition coefficient (Wildman–Crippen LogP) is 2.69. The van der Waals surface area contributed by atoms with Crippen molar-refractivity contribution in [1.82, 2.24) is 20.4 Å². The van der Waals surface area contributed by atoms with Gasteiger partial charge in [0.2, 0.25) is 17.7 Å². The molecule has 0 saturated carbocycles. The van der Waals surface area contributed by atoms with Crippen molar-refractivity contribution in [3.8, 4) is 5.75 Å². The molecule has 1 saturated heterocycles. The van der Waals surface area contributed by atoms with Crippen molar-refractivity contribution in [3.05, 3.63) is 42.0 Å². The summed E-state index contributed by atoms with van der Waals surface area (Å²) in [5, 5.41) is 6.80. The van der Waals surface area contributed by atoms with Gasteiger partial charge in [-0.15, -0.1) is 0 Å². The molecular formula is C22H30N4O4. The summed E-state index contributed by atoms with van der Waals surface area (Å²) in [6, 6.07) is 9.45. The minimum atomic E-state index is -0.221. The first-order chi connectivity index (χ1) is 14.3. The number of benzene rings is 1. The highest BCUT2D eigenvalue weighted by Gasteiger charge is 2.27. The molecule has 1 aliphatic heterocycles. The Kier molecular flexibility index (Phi) is 7.07. The van der Waals surface area contributed by atoms with Crippen molar-refractivity contribution in [2.45, 2.75) is 52.0 Å². The third-order valence-electron chi connectivity index (χ3n) is 5.08. The van der Waals surface area contributed by atoms with E-state index < -0.39 is 0 Å². The Hall–Kier alpha value is -2.90. The Bertz CT molecular complexity index is 836. The lowest BCUT2D eigenvalue weighted by Crippen LogP contribution is -2.43. The molecule has 1 aromatic carbocycles. The third kappa shape index (κ3) is 6.05. The summed E-state index contributed by atoms with van der Waals surface area (Å²) >= 11 is 0. The Balaban J connectivity index is 1.36. The van der Waals surface area contributed by atoms with Crippen LogP contribution in [0.15, 0.2) is 34.9 Å². The molecule has 8 nitrogen and oxygen atoms in total. The molecule has 1 N–H and O–H groups in total. The fourth-order valence-corrected chi connectivity index (χ4v) is 3.26. The Morgan fingerprint density at radius 3 is 2.53 bits per heavy atom. The summed E-state index contributed by atoms with van der Waals surface area (Å²) in [5.74, 6) is 1.71. The van der Waals surface area contributed by atoms with E-state index in [1.165, 1.54) is 0 Å². The quantitative estimate of drug-likeness (QED) is 0.748. The number of amides is 2. The third-order valence-corrected chi connectivity index (χ3v) is 5.08. The van der Waals surface area contributed by atoms with E-state index in [9.17, 15) is 9.59 Å². The average molecular weight is 415 g/mol. The van der Waals surface area contributed by atoms with Crippen LogP contribution in [0.4, 0.5) is 0 Å². The number of aromatic nitrogens is 2. The molecule has 2 aromatic rings. The summed E-state index contributed by atoms with van der Waals surface area (Å²) in [6.45, 7) is 7.74. The van der Waals surface area contributed by atoms with E-state index in [0.29, 0.717) is 50.7 Å². The largest absolute Gasteiger partial charge is 0.493 e. The predicted molar refractivity (Wildman–Crippen MR) is 111 cm³/mol. The maximum absolute atomic E-state index is 12.5. The smallest absolute Gasteiger partial charge is 0.232 e. The molecule has 0 bridgehead atoms. The summed E-state index contributed by atoms with van der Waals surface area (Å²) in [4.78, 5) is 31.0. The van der Waals surface area contributed by atoms with E-state index in [4.69, 9.17) is 9.26 Å². The van der Waals surface area contributed by atoms with Crippen LogP contribution in [0, 0.1) is 5.92 Å². The Morgan fingerprint density at radius 2 is 1.90 bits per heavy atom. The highest BCUT2D eigenvalue weighted by molar-refractivity contribution is 5.80. The number of hydrogen-bond donors (Lipinski definition) is 1. The average Bonchev–Trinajstić information content (AvgIpc) is 3.22. The highest BCUT2D eigenvalue weighted by Crippen LogP contribution is 2.20. The zero-order valence-corrected chi connectivity index (χ0v) is 17.9. The second-order valence-corrected chi connectivity index (χ2v) is 8.55. The molecule has 162 valence electrons. The zero-order chi connectivity index (χ0) is 21.6. The minimum Gasteiger partial charge on any atom is -0.493 e. The van der Waals surface area contributed by atoms with Gasteiger partial charge in [-0.25, -0.2) is 0 Å². The van der Waals surface area contributed by atoms with Crippen LogP contribution in [0.5, 0.6) is 5.75 Å². The van der Waals surface area contributed by atoms with Gasteiger partial charge in [0.15, 0.2) is 5.82 Å². The molecule has 2 amide bonds. The van der Waals surface area contributed by atoms with Gasteiger partial charge in [-0.2, -0.15) is 4.98 Å². The van der Waals surface area contributed by atoms with E-state index in [2.05, 4.69) is 15.5 Å². The van der Waals surface area contributed by atoms with Crippen LogP contribution in [0.25, 0.3) is 0 Å². The van der Waals surface area contributed by atoms with E-state index in [-0.39, 0.29) is 29.7 Å². The van der Waals surface area contributed by atoms with Gasteiger partial charge in [-0.1, -0.05) is 44.1 Å². The van der Waals surface area contributed by atoms with Gasteiger partial charge < -0.3 is 19.5 Å². The Labute approximate surface area is 177 Å². The standard InChI is InChI=1S/C22H30N4O4/c1-22(2,3)21-24-18(25-30-21)15-23-20(28)16-9-12-26(13-10-16)19(27)11-14-29-17-7-5-4-6-8-17/h4-8,16H,9-15H2,1-3H3,(H,23,28). The molecule has 1 aromatic heterocycles. The van der Waals surface area contributed by atoms with Gasteiger partial charge in [0, 0.05) is 24.4 Å². The summed E-state index contributed by atoms with van der Waals surface area (Å²) in [5.41, 5.74) is -0.221. The number of likely N-dealkylation sites (tertiary alicyclic amines) is 1. The van der Waals surface area contributed by atoms with Crippen LogP contribution in [0.1, 0.15) is 51.7 Å². The molecule has 1 aliphatic rings. The molecule has 0 radical (unpaired) electrons. The van der Waals surface area contributed by atoms with Crippen LogP contribution >= 0.6 is 0 Å². The molecule has 0 unspecified atom stereocenters. The SMILES string of the molecule is CC(C)(C)c1nc(CNC(=O)C2CCN(C(=O)CCOc3ccccc3)CC2)no1. The summed E-state index contributed by atoms with van der Waals surface area (Å²) in [7, 11) is 0. The second-order valence-electron chi connectivity index (χ2n) is 8.55. The lowest BCUT2D eigenvalue weighted by atomic mass is 9.95. The molecule has 0 aliphatic carbocycles. The first kappa shape index (κ1) is 21.8. The van der Waals surface area contributed by atoms with E-state index in [1.807, 2.05) is 56.0 Å². The van der Waals surface area contributed by atoms with Crippen LogP contribution in [-0.4, -0.2) is 46.6 Å². The zero-order valence-electron chi connectivity index (χ0n) is 17.9. The van der Waals surface area contributed by atoms with E-state index in [1.54, 1.807) is 0 Å². The number of rotatable bonds is 7. The first-order valence-electron chi connectivity index (χ1n) is 10.4. The first-order valence-corrected chi connectivity index (χ1v) is 10.4. The van der Waals surface area contributed by atoms with Gasteiger partial charge in [0.1, 0.15) is 5.75 Å². The minimum absolute atomic E-state index is 0.0309. The maximum Gasteiger partial charge on any atom is 0.232 e. The molecule has 0 spiro atoms. The molecule has 0 atom stereocenters. The molecule has 3 rings (SSSR count). The molecule has 2 heterocycles. The van der Waals surface area contributed by atoms with E-state index >= 15 is 0 Å². The van der Waals surface area contributed by atoms with Crippen molar-refractivity contribution in [3.63, 3.8) is 0 Å². The topological polar surface area (TPSA) is 97.6 Å². The number of para-hydroxylation sites is 1. The highest BCUT2D eigenvalue weighted by atomic mass is 16.5. The molecular weight excluding hydrogens is 384 g/mol. The van der Waals surface area contributed by atoms with Crippen LogP contribution in [0.3, 0.4) is 0 Å². The second kappa shape index (κ2) is 9.73. The number of carbonyl (C=O) groups is 2. The number of ether oxygens (including phenoxy) is 1. The fourth-order valence-electron chi connectivity index (χ4n) is 3.26. The molecule has 8 heteroatoms. The lowest BCUT2D eigenvalue weighted by Gasteiger charge is -2.31. The monoisotopic (exact) mass is 414 g/mol. The maximum atomic E-state index is 12.5. The molecule has 30 heavy (non-hydrogen) atoms. The van der Waals surface area contributed by atoms with Crippen molar-refractivity contribution < 1.29 is 18.8 Å². The van der Waals surface area contributed by atoms with Crippen LogP contribution in [0.2, 0.25) is 0 Å². The van der Waals surface area contributed by atoms with Gasteiger partial charge in [0.25, 0.3) is 0 Å². The number of hydrogen-bond acceptors (Lipinski definition) is 6. The van der Waals surface area contributed by atoms with Crippen molar-refractivity contribution in [2.75, 3.05) is 19.7 Å². The number of piperidine rings is 1. The van der Waals surface area contributed by atoms with Crippen molar-refractivity contribution >= 4 is 11.8 Å². The summed E-state index contributed by atoms with van der Waals surface area (Å²) < 4.78 is 10.8. The normalized spacial score (nSPS) is 15.1. The van der Waals surface area contributed by atoms with E-state index in [0.717, 1.165) is 5.75 Å². The number of nitrogens with one attached hydrogen (secondary N) is 1. The molecule has 1 fully saturated rings. The van der Waals surface area contributed by atoms with Crippen molar-refractivity contribution in [2.24, 2.45) is 5.92 Å². The van der Waals surface area contributed by atoms with Gasteiger partial charge in [-0.3, -0.25) is 9.59 Å². The van der Waals surface area contributed by atoms with Crippen molar-refractivity contribution in [1.29, 1.82) is 0 Å².